The Bertz CT molecular complexity index is 4690. The molecule has 334 valence electrons. The number of benzene rings is 12. The van der Waals surface area contributed by atoms with Crippen LogP contribution in [-0.4, -0.2) is 19.5 Å². The Hall–Kier alpha value is -9.71. The molecule has 0 spiro atoms. The summed E-state index contributed by atoms with van der Waals surface area (Å²) in [5, 5.41) is 13.7. The second kappa shape index (κ2) is 15.9. The molecule has 5 nitrogen and oxygen atoms in total. The highest BCUT2D eigenvalue weighted by molar-refractivity contribution is 6.22. The smallest absolute Gasteiger partial charge is 0.164 e. The first kappa shape index (κ1) is 40.2. The lowest BCUT2D eigenvalue weighted by atomic mass is 9.90. The normalized spacial score (nSPS) is 11.9. The molecule has 0 amide bonds. The van der Waals surface area contributed by atoms with E-state index < -0.39 is 0 Å². The number of rotatable bonds is 6. The van der Waals surface area contributed by atoms with Crippen LogP contribution in [0, 0.1) is 0 Å². The summed E-state index contributed by atoms with van der Waals surface area (Å²) in [5.74, 6) is 1.76. The highest BCUT2D eigenvalue weighted by Crippen LogP contribution is 2.47. The van der Waals surface area contributed by atoms with Gasteiger partial charge in [-0.25, -0.2) is 15.0 Å². The standard InChI is InChI=1S/C67H40N4O/c1-3-15-41(16-4-1)48-30-33-53-56(36-48)59(67-69-65(44-19-5-2-6-20-44)68-66(70-67)50-31-34-62-58(38-50)52-25-13-14-26-61(52)72-62)40-55(49-28-27-42-17-7-8-21-45(42)35-49)64(53)71-60-39-47-23-10-9-22-46(47)37-57(60)54-32-29-43-18-11-12-24-51(43)63(54)71/h1-40H. The van der Waals surface area contributed by atoms with Crippen molar-refractivity contribution in [1.82, 2.24) is 19.5 Å². The van der Waals surface area contributed by atoms with Gasteiger partial charge in [-0.3, -0.25) is 0 Å². The molecule has 0 saturated heterocycles. The Morgan fingerprint density at radius 1 is 0.278 bits per heavy atom. The number of aromatic nitrogens is 4. The molecule has 0 atom stereocenters. The maximum Gasteiger partial charge on any atom is 0.164 e. The molecule has 0 fully saturated rings. The Balaban J connectivity index is 1.11. The molecule has 0 saturated carbocycles. The number of nitrogens with zero attached hydrogens (tertiary/aromatic N) is 4. The van der Waals surface area contributed by atoms with Crippen LogP contribution in [-0.2, 0) is 0 Å². The lowest BCUT2D eigenvalue weighted by Gasteiger charge is -2.21. The first-order chi connectivity index (χ1) is 35.7. The molecule has 72 heavy (non-hydrogen) atoms. The van der Waals surface area contributed by atoms with Crippen LogP contribution >= 0.6 is 0 Å². The fourth-order valence-corrected chi connectivity index (χ4v) is 11.1. The average Bonchev–Trinajstić information content (AvgIpc) is 3.99. The molecule has 0 N–H and O–H groups in total. The summed E-state index contributed by atoms with van der Waals surface area (Å²) >= 11 is 0. The number of fused-ring (bicyclic) bond motifs is 11. The van der Waals surface area contributed by atoms with Gasteiger partial charge in [0.2, 0.25) is 0 Å². The summed E-state index contributed by atoms with van der Waals surface area (Å²) in [7, 11) is 0. The van der Waals surface area contributed by atoms with Crippen LogP contribution in [0.25, 0.3) is 149 Å². The number of para-hydroxylation sites is 1. The molecule has 3 aromatic heterocycles. The average molecular weight is 917 g/mol. The van der Waals surface area contributed by atoms with Crippen molar-refractivity contribution in [2.75, 3.05) is 0 Å². The van der Waals surface area contributed by atoms with E-state index in [1.165, 1.54) is 37.7 Å². The molecular formula is C67H40N4O. The van der Waals surface area contributed by atoms with E-state index in [9.17, 15) is 0 Å². The van der Waals surface area contributed by atoms with Gasteiger partial charge in [-0.2, -0.15) is 0 Å². The van der Waals surface area contributed by atoms with Gasteiger partial charge >= 0.3 is 0 Å². The largest absolute Gasteiger partial charge is 0.456 e. The van der Waals surface area contributed by atoms with Crippen molar-refractivity contribution in [1.29, 1.82) is 0 Å². The van der Waals surface area contributed by atoms with Gasteiger partial charge in [0.1, 0.15) is 11.2 Å². The third-order valence-corrected chi connectivity index (χ3v) is 14.6. The Morgan fingerprint density at radius 2 is 0.847 bits per heavy atom. The molecule has 0 aliphatic rings. The van der Waals surface area contributed by atoms with E-state index in [4.69, 9.17) is 19.4 Å². The van der Waals surface area contributed by atoms with Crippen molar-refractivity contribution in [2.24, 2.45) is 0 Å². The van der Waals surface area contributed by atoms with E-state index in [1.807, 2.05) is 42.5 Å². The number of hydrogen-bond donors (Lipinski definition) is 0. The minimum absolute atomic E-state index is 0.579. The maximum absolute atomic E-state index is 6.29. The van der Waals surface area contributed by atoms with E-state index in [0.29, 0.717) is 17.5 Å². The lowest BCUT2D eigenvalue weighted by Crippen LogP contribution is -2.04. The van der Waals surface area contributed by atoms with E-state index in [2.05, 4.69) is 205 Å². The second-order valence-corrected chi connectivity index (χ2v) is 18.7. The third-order valence-electron chi connectivity index (χ3n) is 14.6. The molecule has 0 aliphatic carbocycles. The predicted octanol–water partition coefficient (Wildman–Crippen LogP) is 17.8. The van der Waals surface area contributed by atoms with Gasteiger partial charge in [0.05, 0.1) is 16.7 Å². The van der Waals surface area contributed by atoms with E-state index in [0.717, 1.165) is 93.8 Å². The molecule has 0 radical (unpaired) electrons. The summed E-state index contributed by atoms with van der Waals surface area (Å²) in [6.07, 6.45) is 0. The van der Waals surface area contributed by atoms with Crippen molar-refractivity contribution in [2.45, 2.75) is 0 Å². The van der Waals surface area contributed by atoms with E-state index in [1.54, 1.807) is 0 Å². The molecule has 15 rings (SSSR count). The number of hydrogen-bond acceptors (Lipinski definition) is 4. The van der Waals surface area contributed by atoms with Crippen molar-refractivity contribution in [3.8, 4) is 62.1 Å². The molecule has 0 bridgehead atoms. The monoisotopic (exact) mass is 916 g/mol. The minimum atomic E-state index is 0.579. The first-order valence-electron chi connectivity index (χ1n) is 24.4. The summed E-state index contributed by atoms with van der Waals surface area (Å²) in [6, 6.07) is 86.9. The van der Waals surface area contributed by atoms with Crippen molar-refractivity contribution < 1.29 is 4.42 Å². The summed E-state index contributed by atoms with van der Waals surface area (Å²) < 4.78 is 8.84. The Kier molecular flexibility index (Phi) is 8.89. The van der Waals surface area contributed by atoms with Crippen LogP contribution in [0.3, 0.4) is 0 Å². The zero-order valence-corrected chi connectivity index (χ0v) is 38.8. The molecule has 0 aliphatic heterocycles. The van der Waals surface area contributed by atoms with Crippen molar-refractivity contribution >= 4 is 86.8 Å². The minimum Gasteiger partial charge on any atom is -0.456 e. The van der Waals surface area contributed by atoms with Crippen LogP contribution in [0.15, 0.2) is 247 Å². The predicted molar refractivity (Wildman–Crippen MR) is 299 cm³/mol. The van der Waals surface area contributed by atoms with Crippen LogP contribution in [0.1, 0.15) is 0 Å². The Morgan fingerprint density at radius 3 is 1.65 bits per heavy atom. The van der Waals surface area contributed by atoms with Gasteiger partial charge in [0, 0.05) is 54.6 Å². The fourth-order valence-electron chi connectivity index (χ4n) is 11.1. The highest BCUT2D eigenvalue weighted by atomic mass is 16.3. The van der Waals surface area contributed by atoms with Crippen molar-refractivity contribution in [3.05, 3.63) is 243 Å². The van der Waals surface area contributed by atoms with Crippen LogP contribution in [0.2, 0.25) is 0 Å². The van der Waals surface area contributed by atoms with E-state index >= 15 is 0 Å². The van der Waals surface area contributed by atoms with Gasteiger partial charge in [-0.15, -0.1) is 0 Å². The van der Waals surface area contributed by atoms with Crippen LogP contribution in [0.5, 0.6) is 0 Å². The third kappa shape index (κ3) is 6.38. The Labute approximate surface area is 413 Å². The maximum atomic E-state index is 6.29. The first-order valence-corrected chi connectivity index (χ1v) is 24.4. The van der Waals surface area contributed by atoms with Gasteiger partial charge in [0.15, 0.2) is 17.5 Å². The molecule has 5 heteroatoms. The van der Waals surface area contributed by atoms with Crippen LogP contribution < -0.4 is 0 Å². The second-order valence-electron chi connectivity index (χ2n) is 18.7. The SMILES string of the molecule is c1ccc(-c2ccc3c(-n4c5cc6ccccc6cc5c5ccc6ccccc6c54)c(-c4ccc5ccccc5c4)cc(-c4nc(-c5ccccc5)nc(-c5ccc6oc7ccccc7c6c5)n4)c3c2)cc1. The number of furan rings is 1. The molecule has 15 aromatic rings. The molecule has 0 unspecified atom stereocenters. The van der Waals surface area contributed by atoms with Crippen molar-refractivity contribution in [3.63, 3.8) is 0 Å². The molecule has 3 heterocycles. The fraction of sp³-hybridized carbons (Fsp3) is 0. The quantitative estimate of drug-likeness (QED) is 0.167. The van der Waals surface area contributed by atoms with Gasteiger partial charge < -0.3 is 8.98 Å². The zero-order valence-electron chi connectivity index (χ0n) is 38.8. The topological polar surface area (TPSA) is 56.7 Å². The summed E-state index contributed by atoms with van der Waals surface area (Å²) in [4.78, 5) is 16.2. The highest BCUT2D eigenvalue weighted by Gasteiger charge is 2.25. The lowest BCUT2D eigenvalue weighted by molar-refractivity contribution is 0.669. The van der Waals surface area contributed by atoms with Gasteiger partial charge in [0.25, 0.3) is 0 Å². The van der Waals surface area contributed by atoms with E-state index in [-0.39, 0.29) is 0 Å². The van der Waals surface area contributed by atoms with Gasteiger partial charge in [-0.05, 0) is 104 Å². The van der Waals surface area contributed by atoms with Gasteiger partial charge in [-0.1, -0.05) is 188 Å². The molecule has 12 aromatic carbocycles. The summed E-state index contributed by atoms with van der Waals surface area (Å²) in [6.45, 7) is 0. The zero-order chi connectivity index (χ0) is 47.3. The molecular weight excluding hydrogens is 877 g/mol. The van der Waals surface area contributed by atoms with Crippen LogP contribution in [0.4, 0.5) is 0 Å². The summed E-state index contributed by atoms with van der Waals surface area (Å²) in [5.41, 5.74) is 12.1.